The van der Waals surface area contributed by atoms with Gasteiger partial charge in [0.2, 0.25) is 0 Å². The Bertz CT molecular complexity index is 236. The predicted molar refractivity (Wildman–Crippen MR) is 44.4 cm³/mol. The first kappa shape index (κ1) is 9.83. The van der Waals surface area contributed by atoms with Gasteiger partial charge in [-0.1, -0.05) is 0 Å². The van der Waals surface area contributed by atoms with E-state index in [1.54, 1.807) is 13.8 Å². The van der Waals surface area contributed by atoms with E-state index in [-0.39, 0.29) is 6.42 Å². The van der Waals surface area contributed by atoms with Gasteiger partial charge >= 0.3 is 12.1 Å². The topological polar surface area (TPSA) is 66.8 Å². The molecule has 0 bridgehead atoms. The molecular formula is C8H13NO4. The lowest BCUT2D eigenvalue weighted by Crippen LogP contribution is -2.45. The Morgan fingerprint density at radius 2 is 2.31 bits per heavy atom. The number of hydrogen-bond donors (Lipinski definition) is 1. The molecule has 0 aromatic heterocycles. The van der Waals surface area contributed by atoms with Crippen molar-refractivity contribution in [3.8, 4) is 0 Å². The highest BCUT2D eigenvalue weighted by Crippen LogP contribution is 2.22. The van der Waals surface area contributed by atoms with E-state index in [1.165, 1.54) is 4.90 Å². The molecule has 1 N–H and O–H groups in total. The minimum absolute atomic E-state index is 0.0674. The smallest absolute Gasteiger partial charge is 0.410 e. The van der Waals surface area contributed by atoms with E-state index in [1.807, 2.05) is 0 Å². The maximum Gasteiger partial charge on any atom is 0.410 e. The van der Waals surface area contributed by atoms with Gasteiger partial charge in [-0.15, -0.1) is 0 Å². The molecule has 1 fully saturated rings. The molecule has 1 aliphatic rings. The molecule has 5 nitrogen and oxygen atoms in total. The van der Waals surface area contributed by atoms with Gasteiger partial charge in [-0.05, 0) is 13.8 Å². The van der Waals surface area contributed by atoms with Gasteiger partial charge in [-0.3, -0.25) is 9.69 Å². The van der Waals surface area contributed by atoms with Gasteiger partial charge in [0.05, 0.1) is 18.5 Å². The fraction of sp³-hybridized carbons (Fsp3) is 0.750. The van der Waals surface area contributed by atoms with Crippen LogP contribution in [0.3, 0.4) is 0 Å². The van der Waals surface area contributed by atoms with Crippen molar-refractivity contribution in [2.45, 2.75) is 25.8 Å². The minimum atomic E-state index is -0.912. The molecule has 0 saturated carbocycles. The summed E-state index contributed by atoms with van der Waals surface area (Å²) in [5.74, 6) is -0.912. The summed E-state index contributed by atoms with van der Waals surface area (Å²) in [6.45, 7) is 4.25. The highest BCUT2D eigenvalue weighted by molar-refractivity contribution is 5.73. The van der Waals surface area contributed by atoms with Crippen molar-refractivity contribution in [3.05, 3.63) is 0 Å². The van der Waals surface area contributed by atoms with Crippen LogP contribution in [0.2, 0.25) is 0 Å². The Labute approximate surface area is 76.3 Å². The van der Waals surface area contributed by atoms with Crippen LogP contribution < -0.4 is 0 Å². The number of nitrogens with zero attached hydrogens (tertiary/aromatic N) is 1. The highest BCUT2D eigenvalue weighted by atomic mass is 16.6. The minimum Gasteiger partial charge on any atom is -0.481 e. The molecule has 0 radical (unpaired) electrons. The Morgan fingerprint density at radius 3 is 2.69 bits per heavy atom. The highest BCUT2D eigenvalue weighted by Gasteiger charge is 2.37. The number of carbonyl (C=O) groups excluding carboxylic acids is 1. The van der Waals surface area contributed by atoms with Crippen molar-refractivity contribution in [1.29, 1.82) is 0 Å². The summed E-state index contributed by atoms with van der Waals surface area (Å²) in [6, 6.07) is 0. The lowest BCUT2D eigenvalue weighted by Gasteiger charge is -2.31. The van der Waals surface area contributed by atoms with E-state index in [4.69, 9.17) is 9.84 Å². The van der Waals surface area contributed by atoms with E-state index in [0.717, 1.165) is 0 Å². The molecule has 0 atom stereocenters. The van der Waals surface area contributed by atoms with Crippen molar-refractivity contribution in [2.75, 3.05) is 13.2 Å². The Hall–Kier alpha value is -1.26. The Balaban J connectivity index is 2.67. The van der Waals surface area contributed by atoms with Crippen molar-refractivity contribution < 1.29 is 19.4 Å². The molecule has 0 aromatic carbocycles. The van der Waals surface area contributed by atoms with Crippen LogP contribution in [0.5, 0.6) is 0 Å². The lowest BCUT2D eigenvalue weighted by atomic mass is 9.99. The molecule has 0 spiro atoms. The monoisotopic (exact) mass is 187 g/mol. The number of hydrogen-bond acceptors (Lipinski definition) is 3. The van der Waals surface area contributed by atoms with Crippen LogP contribution in [-0.4, -0.2) is 40.8 Å². The summed E-state index contributed by atoms with van der Waals surface area (Å²) >= 11 is 0. The van der Waals surface area contributed by atoms with Gasteiger partial charge in [-0.25, -0.2) is 4.79 Å². The Kier molecular flexibility index (Phi) is 2.45. The number of cyclic esters (lactones) is 1. The van der Waals surface area contributed by atoms with Crippen molar-refractivity contribution in [2.24, 2.45) is 0 Å². The molecule has 0 unspecified atom stereocenters. The van der Waals surface area contributed by atoms with E-state index in [9.17, 15) is 9.59 Å². The second kappa shape index (κ2) is 3.24. The first-order chi connectivity index (χ1) is 5.93. The Morgan fingerprint density at radius 1 is 1.69 bits per heavy atom. The lowest BCUT2D eigenvalue weighted by molar-refractivity contribution is -0.139. The number of carboxylic acid groups (broad SMARTS) is 1. The SMILES string of the molecule is CC(C)(CC(=O)O)N1CCOC1=O. The van der Waals surface area contributed by atoms with Crippen LogP contribution in [-0.2, 0) is 9.53 Å². The molecule has 5 heteroatoms. The first-order valence-corrected chi connectivity index (χ1v) is 4.10. The average Bonchev–Trinajstić information content (AvgIpc) is 2.32. The maximum atomic E-state index is 11.1. The van der Waals surface area contributed by atoms with E-state index < -0.39 is 17.6 Å². The van der Waals surface area contributed by atoms with Gasteiger partial charge in [0.1, 0.15) is 6.61 Å². The molecular weight excluding hydrogens is 174 g/mol. The second-order valence-electron chi connectivity index (χ2n) is 3.65. The number of aliphatic carboxylic acids is 1. The van der Waals surface area contributed by atoms with Crippen LogP contribution >= 0.6 is 0 Å². The van der Waals surface area contributed by atoms with E-state index >= 15 is 0 Å². The number of carbonyl (C=O) groups is 2. The van der Waals surface area contributed by atoms with Gasteiger partial charge in [0.15, 0.2) is 0 Å². The zero-order chi connectivity index (χ0) is 10.1. The number of amides is 1. The molecule has 0 aliphatic carbocycles. The third-order valence-electron chi connectivity index (χ3n) is 2.08. The summed E-state index contributed by atoms with van der Waals surface area (Å²) in [4.78, 5) is 23.1. The predicted octanol–water partition coefficient (Wildman–Crippen LogP) is 0.692. The van der Waals surface area contributed by atoms with Gasteiger partial charge in [0.25, 0.3) is 0 Å². The summed E-state index contributed by atoms with van der Waals surface area (Å²) in [5.41, 5.74) is -0.667. The van der Waals surface area contributed by atoms with Crippen molar-refractivity contribution in [3.63, 3.8) is 0 Å². The first-order valence-electron chi connectivity index (χ1n) is 4.10. The van der Waals surface area contributed by atoms with Gasteiger partial charge in [-0.2, -0.15) is 0 Å². The third-order valence-corrected chi connectivity index (χ3v) is 2.08. The average molecular weight is 187 g/mol. The molecule has 1 amide bonds. The van der Waals surface area contributed by atoms with Crippen LogP contribution in [0.15, 0.2) is 0 Å². The zero-order valence-electron chi connectivity index (χ0n) is 7.74. The summed E-state index contributed by atoms with van der Waals surface area (Å²) in [6.07, 6.45) is -0.492. The van der Waals surface area contributed by atoms with Crippen LogP contribution in [0.25, 0.3) is 0 Å². The number of carboxylic acids is 1. The third kappa shape index (κ3) is 2.11. The van der Waals surface area contributed by atoms with E-state index in [2.05, 4.69) is 0 Å². The standard InChI is InChI=1S/C8H13NO4/c1-8(2,5-6(10)11)9-3-4-13-7(9)12/h3-5H2,1-2H3,(H,10,11). The number of ether oxygens (including phenoxy) is 1. The molecule has 74 valence electrons. The van der Waals surface area contributed by atoms with E-state index in [0.29, 0.717) is 13.2 Å². The number of rotatable bonds is 3. The fourth-order valence-corrected chi connectivity index (χ4v) is 1.41. The fourth-order valence-electron chi connectivity index (χ4n) is 1.41. The molecule has 13 heavy (non-hydrogen) atoms. The quantitative estimate of drug-likeness (QED) is 0.706. The zero-order valence-corrected chi connectivity index (χ0v) is 7.74. The summed E-state index contributed by atoms with van der Waals surface area (Å²) in [7, 11) is 0. The summed E-state index contributed by atoms with van der Waals surface area (Å²) in [5, 5.41) is 8.62. The summed E-state index contributed by atoms with van der Waals surface area (Å²) < 4.78 is 4.73. The van der Waals surface area contributed by atoms with Gasteiger partial charge in [0, 0.05) is 0 Å². The normalized spacial score (nSPS) is 17.4. The van der Waals surface area contributed by atoms with Crippen molar-refractivity contribution >= 4 is 12.1 Å². The largest absolute Gasteiger partial charge is 0.481 e. The maximum absolute atomic E-state index is 11.1. The molecule has 1 saturated heterocycles. The van der Waals surface area contributed by atoms with Crippen molar-refractivity contribution in [1.82, 2.24) is 4.90 Å². The van der Waals surface area contributed by atoms with Crippen LogP contribution in [0.4, 0.5) is 4.79 Å². The van der Waals surface area contributed by atoms with Crippen LogP contribution in [0, 0.1) is 0 Å². The molecule has 0 aromatic rings. The van der Waals surface area contributed by atoms with Gasteiger partial charge < -0.3 is 9.84 Å². The molecule has 1 rings (SSSR count). The second-order valence-corrected chi connectivity index (χ2v) is 3.65. The van der Waals surface area contributed by atoms with Crippen LogP contribution in [0.1, 0.15) is 20.3 Å². The molecule has 1 aliphatic heterocycles. The molecule has 1 heterocycles.